The summed E-state index contributed by atoms with van der Waals surface area (Å²) in [5.41, 5.74) is 0.458. The number of nitrogens with one attached hydrogen (secondary N) is 1. The van der Waals surface area contributed by atoms with Crippen molar-refractivity contribution in [2.75, 3.05) is 13.2 Å². The van der Waals surface area contributed by atoms with E-state index >= 15 is 0 Å². The second kappa shape index (κ2) is 8.23. The summed E-state index contributed by atoms with van der Waals surface area (Å²) in [6.45, 7) is 1.70. The van der Waals surface area contributed by atoms with Gasteiger partial charge in [0.25, 0.3) is 0 Å². The molecular formula is C13H15NO5S. The highest BCUT2D eigenvalue weighted by atomic mass is 32.2. The summed E-state index contributed by atoms with van der Waals surface area (Å²) in [6.07, 6.45) is 2.59. The molecule has 20 heavy (non-hydrogen) atoms. The van der Waals surface area contributed by atoms with Gasteiger partial charge in [-0.2, -0.15) is 0 Å². The molecule has 0 aliphatic carbocycles. The lowest BCUT2D eigenvalue weighted by Gasteiger charge is -2.02. The summed E-state index contributed by atoms with van der Waals surface area (Å²) < 4.78 is 24.8. The predicted molar refractivity (Wildman–Crippen MR) is 74.2 cm³/mol. The number of esters is 1. The number of amides is 1. The van der Waals surface area contributed by atoms with Gasteiger partial charge in [0.05, 0.1) is 11.5 Å². The third-order valence-corrected chi connectivity index (χ3v) is 2.98. The molecule has 0 radical (unpaired) electrons. The van der Waals surface area contributed by atoms with Gasteiger partial charge in [-0.3, -0.25) is 9.59 Å². The number of hydrogen-bond acceptors (Lipinski definition) is 4. The minimum atomic E-state index is -2.13. The molecule has 0 aromatic heterocycles. The Morgan fingerprint density at radius 3 is 2.75 bits per heavy atom. The molecule has 0 spiro atoms. The zero-order valence-electron chi connectivity index (χ0n) is 10.9. The molecule has 7 heteroatoms. The Balaban J connectivity index is 2.62. The smallest absolute Gasteiger partial charge is 0.325 e. The lowest BCUT2D eigenvalue weighted by molar-refractivity contribution is -0.143. The average molecular weight is 297 g/mol. The van der Waals surface area contributed by atoms with Gasteiger partial charge in [-0.25, -0.2) is 4.21 Å². The van der Waals surface area contributed by atoms with Gasteiger partial charge in [-0.05, 0) is 24.6 Å². The van der Waals surface area contributed by atoms with Crippen LogP contribution in [-0.2, 0) is 25.4 Å². The van der Waals surface area contributed by atoms with E-state index in [4.69, 9.17) is 4.55 Å². The van der Waals surface area contributed by atoms with Crippen molar-refractivity contribution < 1.29 is 23.1 Å². The molecular weight excluding hydrogens is 282 g/mol. The molecule has 1 amide bonds. The first-order valence-electron chi connectivity index (χ1n) is 5.86. The quantitative estimate of drug-likeness (QED) is 0.463. The maximum atomic E-state index is 11.5. The van der Waals surface area contributed by atoms with Crippen LogP contribution in [0.4, 0.5) is 0 Å². The third-order valence-electron chi connectivity index (χ3n) is 2.23. The highest BCUT2D eigenvalue weighted by Crippen LogP contribution is 2.13. The Bertz CT molecular complexity index is 541. The van der Waals surface area contributed by atoms with Crippen molar-refractivity contribution in [3.63, 3.8) is 0 Å². The number of ether oxygens (including phenoxy) is 1. The van der Waals surface area contributed by atoms with Crippen LogP contribution in [0.25, 0.3) is 6.08 Å². The number of hydrogen-bond donors (Lipinski definition) is 2. The van der Waals surface area contributed by atoms with Crippen molar-refractivity contribution in [2.45, 2.75) is 11.8 Å². The molecule has 0 aliphatic rings. The summed E-state index contributed by atoms with van der Waals surface area (Å²) in [6, 6.07) is 6.42. The van der Waals surface area contributed by atoms with Crippen molar-refractivity contribution >= 4 is 29.0 Å². The molecule has 0 saturated carbocycles. The number of carbonyl (C=O) groups is 2. The van der Waals surface area contributed by atoms with Gasteiger partial charge in [0.15, 0.2) is 11.1 Å². The van der Waals surface area contributed by atoms with E-state index in [0.717, 1.165) is 0 Å². The first-order valence-corrected chi connectivity index (χ1v) is 6.96. The lowest BCUT2D eigenvalue weighted by atomic mass is 10.2. The van der Waals surface area contributed by atoms with Crippen molar-refractivity contribution in [3.8, 4) is 0 Å². The maximum absolute atomic E-state index is 11.5. The lowest BCUT2D eigenvalue weighted by Crippen LogP contribution is -2.29. The van der Waals surface area contributed by atoms with E-state index in [1.54, 1.807) is 25.1 Å². The molecule has 2 N–H and O–H groups in total. The topological polar surface area (TPSA) is 92.7 Å². The van der Waals surface area contributed by atoms with Gasteiger partial charge < -0.3 is 14.6 Å². The fraction of sp³-hybridized carbons (Fsp3) is 0.231. The van der Waals surface area contributed by atoms with Gasteiger partial charge in [-0.1, -0.05) is 18.2 Å². The van der Waals surface area contributed by atoms with Gasteiger partial charge in [-0.15, -0.1) is 0 Å². The fourth-order valence-corrected chi connectivity index (χ4v) is 1.91. The Kier molecular flexibility index (Phi) is 6.61. The van der Waals surface area contributed by atoms with Gasteiger partial charge in [0, 0.05) is 6.08 Å². The molecule has 6 nitrogen and oxygen atoms in total. The third kappa shape index (κ3) is 5.33. The number of carbonyl (C=O) groups excluding carboxylic acids is 2. The second-order valence-electron chi connectivity index (χ2n) is 3.64. The Morgan fingerprint density at radius 2 is 2.10 bits per heavy atom. The Hall–Kier alpha value is -1.99. The standard InChI is InChI=1S/C13H15NO5S/c1-2-19-13(16)9-14-12(15)8-7-10-5-3-4-6-11(10)20(17)18/h3-8H,2,9H2,1H3,(H,14,15)(H,17,18)/b8-7+. The van der Waals surface area contributed by atoms with Crippen LogP contribution in [0, 0.1) is 0 Å². The fourth-order valence-electron chi connectivity index (χ4n) is 1.37. The molecule has 0 fully saturated rings. The van der Waals surface area contributed by atoms with Crippen LogP contribution in [0.15, 0.2) is 35.2 Å². The van der Waals surface area contributed by atoms with Crippen LogP contribution in [0.2, 0.25) is 0 Å². The second-order valence-corrected chi connectivity index (χ2v) is 4.58. The van der Waals surface area contributed by atoms with Gasteiger partial charge >= 0.3 is 5.97 Å². The van der Waals surface area contributed by atoms with Crippen molar-refractivity contribution in [3.05, 3.63) is 35.9 Å². The van der Waals surface area contributed by atoms with Gasteiger partial charge in [0.2, 0.25) is 5.91 Å². The van der Waals surface area contributed by atoms with E-state index in [1.165, 1.54) is 18.2 Å². The first kappa shape index (κ1) is 16.1. The SMILES string of the molecule is CCOC(=O)CNC(=O)/C=C/c1ccccc1S(=O)O. The van der Waals surface area contributed by atoms with Crippen LogP contribution >= 0.6 is 0 Å². The van der Waals surface area contributed by atoms with Crippen LogP contribution < -0.4 is 5.32 Å². The molecule has 1 unspecified atom stereocenters. The molecule has 0 heterocycles. The minimum Gasteiger partial charge on any atom is -0.465 e. The predicted octanol–water partition coefficient (Wildman–Crippen LogP) is 0.960. The summed E-state index contributed by atoms with van der Waals surface area (Å²) >= 11 is -2.13. The molecule has 1 aromatic rings. The number of benzene rings is 1. The summed E-state index contributed by atoms with van der Waals surface area (Å²) in [4.78, 5) is 22.7. The van der Waals surface area contributed by atoms with E-state index in [-0.39, 0.29) is 18.0 Å². The normalized spacial score (nSPS) is 12.1. The molecule has 0 saturated heterocycles. The van der Waals surface area contributed by atoms with Crippen LogP contribution in [0.3, 0.4) is 0 Å². The monoisotopic (exact) mass is 297 g/mol. The average Bonchev–Trinajstić information content (AvgIpc) is 2.43. The highest BCUT2D eigenvalue weighted by molar-refractivity contribution is 7.79. The largest absolute Gasteiger partial charge is 0.465 e. The van der Waals surface area contributed by atoms with E-state index in [2.05, 4.69) is 10.1 Å². The zero-order valence-corrected chi connectivity index (χ0v) is 11.7. The van der Waals surface area contributed by atoms with Crippen molar-refractivity contribution in [1.29, 1.82) is 0 Å². The summed E-state index contributed by atoms with van der Waals surface area (Å²) in [5, 5.41) is 2.35. The van der Waals surface area contributed by atoms with Crippen molar-refractivity contribution in [1.82, 2.24) is 5.32 Å². The maximum Gasteiger partial charge on any atom is 0.325 e. The Morgan fingerprint density at radius 1 is 1.40 bits per heavy atom. The molecule has 0 bridgehead atoms. The zero-order chi connectivity index (χ0) is 15.0. The number of rotatable bonds is 6. The minimum absolute atomic E-state index is 0.210. The van der Waals surface area contributed by atoms with E-state index < -0.39 is 23.0 Å². The summed E-state index contributed by atoms with van der Waals surface area (Å²) in [7, 11) is 0. The van der Waals surface area contributed by atoms with Crippen LogP contribution in [-0.4, -0.2) is 33.8 Å². The van der Waals surface area contributed by atoms with Gasteiger partial charge in [0.1, 0.15) is 6.54 Å². The molecule has 108 valence electrons. The first-order chi connectivity index (χ1) is 9.54. The molecule has 1 rings (SSSR count). The van der Waals surface area contributed by atoms with Crippen LogP contribution in [0.1, 0.15) is 12.5 Å². The summed E-state index contributed by atoms with van der Waals surface area (Å²) in [5.74, 6) is -1.01. The molecule has 0 aliphatic heterocycles. The van der Waals surface area contributed by atoms with E-state index in [1.807, 2.05) is 0 Å². The molecule has 1 aromatic carbocycles. The molecule has 1 atom stereocenters. The van der Waals surface area contributed by atoms with E-state index in [9.17, 15) is 13.8 Å². The highest BCUT2D eigenvalue weighted by Gasteiger charge is 2.06. The van der Waals surface area contributed by atoms with Crippen molar-refractivity contribution in [2.24, 2.45) is 0 Å². The van der Waals surface area contributed by atoms with Crippen LogP contribution in [0.5, 0.6) is 0 Å². The Labute approximate surface area is 119 Å². The van der Waals surface area contributed by atoms with E-state index in [0.29, 0.717) is 5.56 Å².